The fourth-order valence-electron chi connectivity index (χ4n) is 5.18. The van der Waals surface area contributed by atoms with Gasteiger partial charge in [0.15, 0.2) is 5.76 Å². The molecule has 0 atom stereocenters. The second-order valence-corrected chi connectivity index (χ2v) is 9.40. The Bertz CT molecular complexity index is 830. The number of aliphatic hydroxyl groups is 1. The Morgan fingerprint density at radius 3 is 2.47 bits per heavy atom. The molecule has 0 unspecified atom stereocenters. The summed E-state index contributed by atoms with van der Waals surface area (Å²) in [4.78, 5) is 17.8. The van der Waals surface area contributed by atoms with Gasteiger partial charge < -0.3 is 24.1 Å². The summed E-state index contributed by atoms with van der Waals surface area (Å²) in [5.74, 6) is 0.319. The molecule has 1 aromatic heterocycles. The number of rotatable bonds is 8. The number of benzene rings is 1. The molecule has 0 saturated carbocycles. The topological polar surface area (TPSA) is 66.2 Å². The number of nitrogens with zero attached hydrogens (tertiary/aromatic N) is 2. The van der Waals surface area contributed by atoms with Crippen LogP contribution >= 0.6 is 0 Å². The van der Waals surface area contributed by atoms with Gasteiger partial charge in [0.1, 0.15) is 0 Å². The first kappa shape index (κ1) is 23.0. The van der Waals surface area contributed by atoms with E-state index in [1.54, 1.807) is 18.4 Å². The van der Waals surface area contributed by atoms with E-state index >= 15 is 0 Å². The van der Waals surface area contributed by atoms with Crippen molar-refractivity contribution in [3.8, 4) is 0 Å². The predicted molar refractivity (Wildman–Crippen MR) is 125 cm³/mol. The first-order valence-electron chi connectivity index (χ1n) is 11.9. The number of aryl methyl sites for hydroxylation is 1. The van der Waals surface area contributed by atoms with Crippen LogP contribution in [0.5, 0.6) is 0 Å². The summed E-state index contributed by atoms with van der Waals surface area (Å²) in [5.41, 5.74) is 2.32. The fourth-order valence-corrected chi connectivity index (χ4v) is 5.18. The number of anilines is 1. The zero-order valence-electron chi connectivity index (χ0n) is 19.2. The van der Waals surface area contributed by atoms with Crippen LogP contribution in [-0.4, -0.2) is 61.4 Å². The summed E-state index contributed by atoms with van der Waals surface area (Å²) in [6.45, 7) is 6.92. The molecule has 2 aliphatic rings. The van der Waals surface area contributed by atoms with Crippen LogP contribution in [0.1, 0.15) is 54.6 Å². The lowest BCUT2D eigenvalue weighted by Gasteiger charge is -2.41. The van der Waals surface area contributed by atoms with Crippen molar-refractivity contribution in [2.24, 2.45) is 5.41 Å². The summed E-state index contributed by atoms with van der Waals surface area (Å²) in [7, 11) is 0. The molecule has 0 spiro atoms. The molecular weight excluding hydrogens is 404 g/mol. The van der Waals surface area contributed by atoms with Gasteiger partial charge in [0, 0.05) is 44.6 Å². The van der Waals surface area contributed by atoms with Crippen LogP contribution in [0, 0.1) is 12.3 Å². The average molecular weight is 441 g/mol. The molecule has 2 aromatic rings. The van der Waals surface area contributed by atoms with Gasteiger partial charge in [-0.2, -0.15) is 0 Å². The third kappa shape index (κ3) is 5.42. The Balaban J connectivity index is 1.40. The standard InChI is InChI=1S/C26H36N2O4/c1-21-4-6-22(7-5-21)28(25(30)24-3-2-18-32-24)23-8-14-27(15-9-23)16-10-26(11-17-29)12-19-31-20-13-26/h2-7,18,23,29H,8-17,19-20H2,1H3. The van der Waals surface area contributed by atoms with Gasteiger partial charge >= 0.3 is 0 Å². The van der Waals surface area contributed by atoms with Crippen molar-refractivity contribution in [2.75, 3.05) is 44.4 Å². The molecule has 6 nitrogen and oxygen atoms in total. The number of furan rings is 1. The van der Waals surface area contributed by atoms with Crippen LogP contribution in [0.25, 0.3) is 0 Å². The molecule has 0 radical (unpaired) electrons. The smallest absolute Gasteiger partial charge is 0.294 e. The van der Waals surface area contributed by atoms with Gasteiger partial charge in [0.2, 0.25) is 0 Å². The van der Waals surface area contributed by atoms with E-state index in [2.05, 4.69) is 24.0 Å². The van der Waals surface area contributed by atoms with Gasteiger partial charge in [-0.25, -0.2) is 0 Å². The molecule has 1 N–H and O–H groups in total. The molecule has 6 heteroatoms. The first-order valence-corrected chi connectivity index (χ1v) is 11.9. The summed E-state index contributed by atoms with van der Waals surface area (Å²) in [6, 6.07) is 11.8. The van der Waals surface area contributed by atoms with Gasteiger partial charge in [-0.05, 0) is 81.7 Å². The van der Waals surface area contributed by atoms with E-state index in [-0.39, 0.29) is 24.0 Å². The number of amides is 1. The third-order valence-electron chi connectivity index (χ3n) is 7.34. The lowest BCUT2D eigenvalue weighted by atomic mass is 9.74. The second kappa shape index (κ2) is 10.6. The maximum Gasteiger partial charge on any atom is 0.294 e. The van der Waals surface area contributed by atoms with E-state index in [0.29, 0.717) is 5.76 Å². The van der Waals surface area contributed by atoms with E-state index in [4.69, 9.17) is 9.15 Å². The minimum absolute atomic E-state index is 0.0681. The average Bonchev–Trinajstić information content (AvgIpc) is 3.36. The summed E-state index contributed by atoms with van der Waals surface area (Å²) >= 11 is 0. The van der Waals surface area contributed by atoms with Crippen LogP contribution < -0.4 is 4.90 Å². The molecule has 3 heterocycles. The van der Waals surface area contributed by atoms with Crippen LogP contribution in [0.15, 0.2) is 47.1 Å². The monoisotopic (exact) mass is 440 g/mol. The number of carbonyl (C=O) groups excluding carboxylic acids is 1. The highest BCUT2D eigenvalue weighted by atomic mass is 16.5. The van der Waals surface area contributed by atoms with Gasteiger partial charge in [0.05, 0.1) is 6.26 Å². The van der Waals surface area contributed by atoms with Crippen LogP contribution in [0.2, 0.25) is 0 Å². The Hall–Kier alpha value is -2.15. The minimum atomic E-state index is -0.0681. The Kier molecular flexibility index (Phi) is 7.66. The molecule has 2 saturated heterocycles. The molecule has 0 aliphatic carbocycles. The minimum Gasteiger partial charge on any atom is -0.459 e. The van der Waals surface area contributed by atoms with Crippen LogP contribution in [0.3, 0.4) is 0 Å². The lowest BCUT2D eigenvalue weighted by molar-refractivity contribution is -0.00810. The highest BCUT2D eigenvalue weighted by Gasteiger charge is 2.34. The number of piperidine rings is 1. The molecule has 2 fully saturated rings. The molecule has 1 amide bonds. The summed E-state index contributed by atoms with van der Waals surface area (Å²) in [5, 5.41) is 9.57. The Morgan fingerprint density at radius 2 is 1.84 bits per heavy atom. The van der Waals surface area contributed by atoms with Crippen LogP contribution in [0.4, 0.5) is 5.69 Å². The molecular formula is C26H36N2O4. The SMILES string of the molecule is Cc1ccc(N(C(=O)c2ccco2)C2CCN(CCC3(CCO)CCOCC3)CC2)cc1. The van der Waals surface area contributed by atoms with Crippen molar-refractivity contribution in [1.29, 1.82) is 0 Å². The fraction of sp³-hybridized carbons (Fsp3) is 0.577. The lowest BCUT2D eigenvalue weighted by Crippen LogP contribution is -2.48. The number of likely N-dealkylation sites (tertiary alicyclic amines) is 1. The number of ether oxygens (including phenoxy) is 1. The van der Waals surface area contributed by atoms with Gasteiger partial charge in [0.25, 0.3) is 5.91 Å². The van der Waals surface area contributed by atoms with E-state index < -0.39 is 0 Å². The Morgan fingerprint density at radius 1 is 1.12 bits per heavy atom. The largest absolute Gasteiger partial charge is 0.459 e. The van der Waals surface area contributed by atoms with Gasteiger partial charge in [-0.3, -0.25) is 4.79 Å². The van der Waals surface area contributed by atoms with Crippen LogP contribution in [-0.2, 0) is 4.74 Å². The number of hydrogen-bond donors (Lipinski definition) is 1. The number of carbonyl (C=O) groups is 1. The highest BCUT2D eigenvalue weighted by molar-refractivity contribution is 6.04. The van der Waals surface area contributed by atoms with Gasteiger partial charge in [-0.1, -0.05) is 17.7 Å². The molecule has 32 heavy (non-hydrogen) atoms. The summed E-state index contributed by atoms with van der Waals surface area (Å²) < 4.78 is 11.0. The Labute approximate surface area is 191 Å². The highest BCUT2D eigenvalue weighted by Crippen LogP contribution is 2.38. The van der Waals surface area contributed by atoms with E-state index in [9.17, 15) is 9.90 Å². The first-order chi connectivity index (χ1) is 15.6. The maximum atomic E-state index is 13.3. The van der Waals surface area contributed by atoms with Gasteiger partial charge in [-0.15, -0.1) is 0 Å². The molecule has 1 aromatic carbocycles. The zero-order valence-corrected chi connectivity index (χ0v) is 19.2. The number of aliphatic hydroxyl groups excluding tert-OH is 1. The molecule has 174 valence electrons. The second-order valence-electron chi connectivity index (χ2n) is 9.40. The number of hydrogen-bond acceptors (Lipinski definition) is 5. The van der Waals surface area contributed by atoms with Crippen molar-refractivity contribution in [1.82, 2.24) is 4.90 Å². The van der Waals surface area contributed by atoms with Crippen molar-refractivity contribution in [3.05, 3.63) is 54.0 Å². The van der Waals surface area contributed by atoms with E-state index in [1.807, 2.05) is 17.0 Å². The van der Waals surface area contributed by atoms with E-state index in [0.717, 1.165) is 77.1 Å². The van der Waals surface area contributed by atoms with Crippen molar-refractivity contribution < 1.29 is 19.1 Å². The maximum absolute atomic E-state index is 13.3. The normalized spacial score (nSPS) is 19.7. The predicted octanol–water partition coefficient (Wildman–Crippen LogP) is 4.27. The summed E-state index contributed by atoms with van der Waals surface area (Å²) in [6.07, 6.45) is 7.50. The third-order valence-corrected chi connectivity index (χ3v) is 7.34. The van der Waals surface area contributed by atoms with E-state index in [1.165, 1.54) is 5.56 Å². The zero-order chi connectivity index (χ0) is 22.4. The molecule has 4 rings (SSSR count). The quantitative estimate of drug-likeness (QED) is 0.664. The molecule has 0 bridgehead atoms. The van der Waals surface area contributed by atoms with Crippen molar-refractivity contribution in [2.45, 2.75) is 51.5 Å². The van der Waals surface area contributed by atoms with Crippen molar-refractivity contribution in [3.63, 3.8) is 0 Å². The van der Waals surface area contributed by atoms with Crippen molar-refractivity contribution >= 4 is 11.6 Å². The molecule has 2 aliphatic heterocycles.